The van der Waals surface area contributed by atoms with Gasteiger partial charge in [-0.3, -0.25) is 14.8 Å². The van der Waals surface area contributed by atoms with Crippen LogP contribution in [0, 0.1) is 0 Å². The maximum Gasteiger partial charge on any atom is 0.414 e. The molecule has 1 fully saturated rings. The first kappa shape index (κ1) is 21.0. The van der Waals surface area contributed by atoms with Gasteiger partial charge in [0.15, 0.2) is 0 Å². The maximum atomic E-state index is 12.3. The van der Waals surface area contributed by atoms with Crippen LogP contribution < -0.4 is 5.73 Å². The quantitative estimate of drug-likeness (QED) is 0.855. The summed E-state index contributed by atoms with van der Waals surface area (Å²) in [5, 5.41) is 0. The first-order valence-electron chi connectivity index (χ1n) is 9.91. The van der Waals surface area contributed by atoms with Gasteiger partial charge in [0.2, 0.25) is 0 Å². The minimum Gasteiger partial charge on any atom is -0.443 e. The molecule has 6 heteroatoms. The van der Waals surface area contributed by atoms with Crippen molar-refractivity contribution in [2.24, 2.45) is 5.73 Å². The van der Waals surface area contributed by atoms with E-state index in [1.54, 1.807) is 4.90 Å². The molecule has 1 aliphatic rings. The van der Waals surface area contributed by atoms with Crippen molar-refractivity contribution in [2.45, 2.75) is 39.5 Å². The molecule has 3 rings (SSSR count). The van der Waals surface area contributed by atoms with Crippen LogP contribution in [0.3, 0.4) is 0 Å². The molecule has 0 spiro atoms. The lowest BCUT2D eigenvalue weighted by atomic mass is 10.1. The van der Waals surface area contributed by atoms with Crippen LogP contribution in [-0.2, 0) is 17.8 Å². The highest BCUT2D eigenvalue weighted by atomic mass is 16.6. The molecule has 0 bridgehead atoms. The molecular formula is C23H30N4O2. The van der Waals surface area contributed by atoms with E-state index in [0.29, 0.717) is 26.2 Å². The average molecular weight is 395 g/mol. The Labute approximate surface area is 173 Å². The summed E-state index contributed by atoms with van der Waals surface area (Å²) in [5.41, 5.74) is 10.1. The molecule has 2 N–H and O–H groups in total. The van der Waals surface area contributed by atoms with Crippen molar-refractivity contribution >= 4 is 6.09 Å². The fraction of sp³-hybridized carbons (Fsp3) is 0.391. The number of pyridine rings is 1. The molecule has 0 saturated carbocycles. The van der Waals surface area contributed by atoms with Crippen LogP contribution in [0.5, 0.6) is 0 Å². The summed E-state index contributed by atoms with van der Waals surface area (Å²) in [4.78, 5) is 21.0. The monoisotopic (exact) mass is 394 g/mol. The lowest BCUT2D eigenvalue weighted by Gasteiger charge is -2.36. The van der Waals surface area contributed by atoms with Crippen molar-refractivity contribution in [3.8, 4) is 11.3 Å². The Balaban J connectivity index is 1.64. The zero-order valence-electron chi connectivity index (χ0n) is 17.5. The molecule has 2 heterocycles. The van der Waals surface area contributed by atoms with Crippen molar-refractivity contribution in [3.63, 3.8) is 0 Å². The fourth-order valence-corrected chi connectivity index (χ4v) is 3.31. The molecule has 2 aromatic rings. The van der Waals surface area contributed by atoms with E-state index in [1.165, 1.54) is 0 Å². The molecule has 1 aromatic heterocycles. The lowest BCUT2D eigenvalue weighted by molar-refractivity contribution is 0.0237. The summed E-state index contributed by atoms with van der Waals surface area (Å²) in [6.45, 7) is 12.8. The number of amides is 1. The summed E-state index contributed by atoms with van der Waals surface area (Å²) in [6.07, 6.45) is -0.331. The van der Waals surface area contributed by atoms with Gasteiger partial charge in [0.1, 0.15) is 5.60 Å². The van der Waals surface area contributed by atoms with E-state index in [0.717, 1.165) is 34.8 Å². The van der Waals surface area contributed by atoms with Gasteiger partial charge in [0, 0.05) is 44.0 Å². The molecule has 0 atom stereocenters. The SMILES string of the molecule is C=C1CN(Cc2cccc(-c3cccc(CN)c3)n2)CCN1C(=O)OC(C)(C)C. The second-order valence-electron chi connectivity index (χ2n) is 8.33. The Morgan fingerprint density at radius 3 is 2.66 bits per heavy atom. The van der Waals surface area contributed by atoms with Crippen LogP contribution in [0.1, 0.15) is 32.0 Å². The third-order valence-corrected chi connectivity index (χ3v) is 4.69. The van der Waals surface area contributed by atoms with Crippen molar-refractivity contribution in [3.05, 3.63) is 66.0 Å². The van der Waals surface area contributed by atoms with Crippen molar-refractivity contribution < 1.29 is 9.53 Å². The Bertz CT molecular complexity index is 888. The van der Waals surface area contributed by atoms with Gasteiger partial charge >= 0.3 is 6.09 Å². The van der Waals surface area contributed by atoms with Gasteiger partial charge in [-0.2, -0.15) is 0 Å². The highest BCUT2D eigenvalue weighted by molar-refractivity contribution is 5.70. The molecule has 29 heavy (non-hydrogen) atoms. The van der Waals surface area contributed by atoms with Crippen LogP contribution in [0.25, 0.3) is 11.3 Å². The third kappa shape index (κ3) is 5.65. The molecule has 0 unspecified atom stereocenters. The molecule has 1 aromatic carbocycles. The Kier molecular flexibility index (Phi) is 6.35. The van der Waals surface area contributed by atoms with Crippen LogP contribution >= 0.6 is 0 Å². The molecule has 6 nitrogen and oxygen atoms in total. The van der Waals surface area contributed by atoms with Gasteiger partial charge in [0.05, 0.1) is 11.4 Å². The largest absolute Gasteiger partial charge is 0.443 e. The van der Waals surface area contributed by atoms with Gasteiger partial charge in [-0.05, 0) is 44.5 Å². The highest BCUT2D eigenvalue weighted by Crippen LogP contribution is 2.21. The van der Waals surface area contributed by atoms with Gasteiger partial charge in [-0.1, -0.05) is 30.8 Å². The Hall–Kier alpha value is -2.70. The second-order valence-corrected chi connectivity index (χ2v) is 8.33. The topological polar surface area (TPSA) is 71.7 Å². The van der Waals surface area contributed by atoms with Crippen molar-refractivity contribution in [2.75, 3.05) is 19.6 Å². The predicted octanol–water partition coefficient (Wildman–Crippen LogP) is 3.77. The number of benzene rings is 1. The summed E-state index contributed by atoms with van der Waals surface area (Å²) >= 11 is 0. The number of nitrogens with zero attached hydrogens (tertiary/aromatic N) is 3. The normalized spacial score (nSPS) is 15.4. The third-order valence-electron chi connectivity index (χ3n) is 4.69. The van der Waals surface area contributed by atoms with Crippen LogP contribution in [0.2, 0.25) is 0 Å². The number of hydrogen-bond donors (Lipinski definition) is 1. The number of piperazine rings is 1. The van der Waals surface area contributed by atoms with Crippen molar-refractivity contribution in [1.29, 1.82) is 0 Å². The van der Waals surface area contributed by atoms with E-state index >= 15 is 0 Å². The fourth-order valence-electron chi connectivity index (χ4n) is 3.31. The molecule has 0 radical (unpaired) electrons. The molecule has 1 saturated heterocycles. The standard InChI is InChI=1S/C23H30N4O2/c1-17-15-26(11-12-27(17)22(28)29-23(2,3)4)16-20-9-6-10-21(25-20)19-8-5-7-18(13-19)14-24/h5-10,13H,1,11-12,14-16,24H2,2-4H3. The minimum atomic E-state index is -0.514. The van der Waals surface area contributed by atoms with E-state index in [-0.39, 0.29) is 6.09 Å². The summed E-state index contributed by atoms with van der Waals surface area (Å²) in [5.74, 6) is 0. The molecular weight excluding hydrogens is 364 g/mol. The summed E-state index contributed by atoms with van der Waals surface area (Å²) < 4.78 is 5.47. The van der Waals surface area contributed by atoms with Crippen molar-refractivity contribution in [1.82, 2.24) is 14.8 Å². The summed E-state index contributed by atoms with van der Waals surface area (Å²) in [6, 6.07) is 14.2. The van der Waals surface area contributed by atoms with Crippen LogP contribution in [0.15, 0.2) is 54.7 Å². The minimum absolute atomic E-state index is 0.331. The smallest absolute Gasteiger partial charge is 0.414 e. The number of rotatable bonds is 4. The first-order valence-corrected chi connectivity index (χ1v) is 9.91. The maximum absolute atomic E-state index is 12.3. The Morgan fingerprint density at radius 1 is 1.21 bits per heavy atom. The number of hydrogen-bond acceptors (Lipinski definition) is 5. The number of nitrogens with two attached hydrogens (primary N) is 1. The van der Waals surface area contributed by atoms with Gasteiger partial charge in [-0.25, -0.2) is 4.79 Å². The predicted molar refractivity (Wildman–Crippen MR) is 115 cm³/mol. The zero-order valence-corrected chi connectivity index (χ0v) is 17.5. The van der Waals surface area contributed by atoms with E-state index < -0.39 is 5.60 Å². The molecule has 0 aliphatic carbocycles. The number of ether oxygens (including phenoxy) is 1. The molecule has 154 valence electrons. The zero-order chi connectivity index (χ0) is 21.0. The van der Waals surface area contributed by atoms with E-state index in [9.17, 15) is 4.79 Å². The second kappa shape index (κ2) is 8.76. The highest BCUT2D eigenvalue weighted by Gasteiger charge is 2.28. The Morgan fingerprint density at radius 2 is 1.97 bits per heavy atom. The van der Waals surface area contributed by atoms with Gasteiger partial charge in [-0.15, -0.1) is 0 Å². The van der Waals surface area contributed by atoms with E-state index in [2.05, 4.69) is 17.5 Å². The lowest BCUT2D eigenvalue weighted by Crippen LogP contribution is -2.47. The van der Waals surface area contributed by atoms with Crippen LogP contribution in [0.4, 0.5) is 4.79 Å². The van der Waals surface area contributed by atoms with Gasteiger partial charge in [0.25, 0.3) is 0 Å². The van der Waals surface area contributed by atoms with Crippen LogP contribution in [-0.4, -0.2) is 46.1 Å². The molecule has 1 aliphatic heterocycles. The van der Waals surface area contributed by atoms with E-state index in [1.807, 2.05) is 57.2 Å². The van der Waals surface area contributed by atoms with Gasteiger partial charge < -0.3 is 10.5 Å². The number of carbonyl (C=O) groups is 1. The first-order chi connectivity index (χ1) is 13.7. The molecule has 1 amide bonds. The number of carbonyl (C=O) groups excluding carboxylic acids is 1. The summed E-state index contributed by atoms with van der Waals surface area (Å²) in [7, 11) is 0. The number of aromatic nitrogens is 1. The van der Waals surface area contributed by atoms with E-state index in [4.69, 9.17) is 15.5 Å². The average Bonchev–Trinajstić information content (AvgIpc) is 2.67.